The van der Waals surface area contributed by atoms with Crippen molar-refractivity contribution in [1.29, 1.82) is 0 Å². The number of benzene rings is 2. The van der Waals surface area contributed by atoms with Gasteiger partial charge < -0.3 is 24.4 Å². The summed E-state index contributed by atoms with van der Waals surface area (Å²) < 4.78 is 11.0. The number of carboxylic acids is 1. The first-order valence-corrected chi connectivity index (χ1v) is 11.1. The monoisotopic (exact) mass is 470 g/mol. The van der Waals surface area contributed by atoms with Gasteiger partial charge in [-0.1, -0.05) is 37.1 Å². The van der Waals surface area contributed by atoms with Crippen LogP contribution in [0.4, 0.5) is 0 Å². The van der Waals surface area contributed by atoms with E-state index in [-0.39, 0.29) is 6.42 Å². The molecule has 0 unspecified atom stereocenters. The van der Waals surface area contributed by atoms with Crippen LogP contribution in [0.25, 0.3) is 11.0 Å². The SMILES string of the molecule is CCCCc1cc(=O)oc2c(C)c(OCC(=O)N[C@@H](Cc3ccc(Cl)cc3)C(=O)[O-])ccc12. The van der Waals surface area contributed by atoms with E-state index in [4.69, 9.17) is 20.8 Å². The highest BCUT2D eigenvalue weighted by Crippen LogP contribution is 2.29. The number of carboxylic acid groups (broad SMARTS) is 1. The van der Waals surface area contributed by atoms with Crippen molar-refractivity contribution in [1.82, 2.24) is 5.32 Å². The Morgan fingerprint density at radius 3 is 2.58 bits per heavy atom. The van der Waals surface area contributed by atoms with Crippen molar-refractivity contribution < 1.29 is 23.8 Å². The van der Waals surface area contributed by atoms with Gasteiger partial charge in [-0.2, -0.15) is 0 Å². The second kappa shape index (κ2) is 11.0. The fourth-order valence-corrected chi connectivity index (χ4v) is 3.69. The van der Waals surface area contributed by atoms with Gasteiger partial charge in [0.1, 0.15) is 11.3 Å². The topological polar surface area (TPSA) is 109 Å². The summed E-state index contributed by atoms with van der Waals surface area (Å²) >= 11 is 5.84. The summed E-state index contributed by atoms with van der Waals surface area (Å²) in [5, 5.41) is 15.3. The van der Waals surface area contributed by atoms with Crippen molar-refractivity contribution in [3.8, 4) is 5.75 Å². The van der Waals surface area contributed by atoms with Gasteiger partial charge >= 0.3 is 5.63 Å². The Bertz CT molecular complexity index is 1200. The zero-order valence-electron chi connectivity index (χ0n) is 18.5. The molecule has 0 bridgehead atoms. The number of amides is 1. The highest BCUT2D eigenvalue weighted by molar-refractivity contribution is 6.30. The Hall–Kier alpha value is -3.32. The lowest BCUT2D eigenvalue weighted by molar-refractivity contribution is -0.308. The summed E-state index contributed by atoms with van der Waals surface area (Å²) in [6.07, 6.45) is 2.76. The second-order valence-electron chi connectivity index (χ2n) is 7.82. The Balaban J connectivity index is 1.70. The predicted octanol–water partition coefficient (Wildman–Crippen LogP) is 2.95. The summed E-state index contributed by atoms with van der Waals surface area (Å²) in [5.74, 6) is -1.64. The van der Waals surface area contributed by atoms with Crippen molar-refractivity contribution in [3.63, 3.8) is 0 Å². The molecule has 1 heterocycles. The van der Waals surface area contributed by atoms with Gasteiger partial charge in [0.2, 0.25) is 0 Å². The normalized spacial score (nSPS) is 11.8. The van der Waals surface area contributed by atoms with E-state index in [9.17, 15) is 19.5 Å². The van der Waals surface area contributed by atoms with Crippen molar-refractivity contribution >= 4 is 34.4 Å². The van der Waals surface area contributed by atoms with Crippen LogP contribution < -0.4 is 20.8 Å². The van der Waals surface area contributed by atoms with Crippen LogP contribution in [0.1, 0.15) is 36.5 Å². The first kappa shape index (κ1) is 24.3. The maximum absolute atomic E-state index is 12.4. The number of aliphatic carboxylic acids is 1. The van der Waals surface area contributed by atoms with Crippen molar-refractivity contribution in [2.24, 2.45) is 0 Å². The maximum Gasteiger partial charge on any atom is 0.336 e. The molecule has 1 aromatic heterocycles. The smallest absolute Gasteiger partial charge is 0.336 e. The Morgan fingerprint density at radius 2 is 1.91 bits per heavy atom. The number of fused-ring (bicyclic) bond motifs is 1. The predicted molar refractivity (Wildman–Crippen MR) is 123 cm³/mol. The largest absolute Gasteiger partial charge is 0.548 e. The summed E-state index contributed by atoms with van der Waals surface area (Å²) in [4.78, 5) is 35.9. The lowest BCUT2D eigenvalue weighted by atomic mass is 10.0. The minimum Gasteiger partial charge on any atom is -0.548 e. The average molecular weight is 471 g/mol. The van der Waals surface area contributed by atoms with Gasteiger partial charge in [-0.05, 0) is 61.6 Å². The van der Waals surface area contributed by atoms with E-state index in [2.05, 4.69) is 12.2 Å². The third kappa shape index (κ3) is 6.35. The zero-order valence-corrected chi connectivity index (χ0v) is 19.2. The molecule has 0 aliphatic heterocycles. The number of halogens is 1. The third-order valence-electron chi connectivity index (χ3n) is 5.33. The molecule has 0 spiro atoms. The number of hydrogen-bond donors (Lipinski definition) is 1. The van der Waals surface area contributed by atoms with E-state index in [1.807, 2.05) is 0 Å². The molecule has 0 fully saturated rings. The molecule has 1 atom stereocenters. The number of hydrogen-bond acceptors (Lipinski definition) is 6. The van der Waals surface area contributed by atoms with Crippen LogP contribution >= 0.6 is 11.6 Å². The molecule has 33 heavy (non-hydrogen) atoms. The summed E-state index contributed by atoms with van der Waals surface area (Å²) in [6.45, 7) is 3.42. The number of nitrogens with one attached hydrogen (secondary N) is 1. The van der Waals surface area contributed by atoms with E-state index in [1.54, 1.807) is 43.3 Å². The van der Waals surface area contributed by atoms with Gasteiger partial charge in [-0.25, -0.2) is 4.79 Å². The molecule has 174 valence electrons. The van der Waals surface area contributed by atoms with Gasteiger partial charge in [-0.3, -0.25) is 4.79 Å². The molecule has 0 aliphatic carbocycles. The van der Waals surface area contributed by atoms with Crippen LogP contribution in [0.5, 0.6) is 5.75 Å². The van der Waals surface area contributed by atoms with Gasteiger partial charge in [0.05, 0.1) is 12.0 Å². The minimum absolute atomic E-state index is 0.0476. The van der Waals surface area contributed by atoms with Gasteiger partial charge in [0.25, 0.3) is 5.91 Å². The molecule has 3 rings (SSSR count). The van der Waals surface area contributed by atoms with Crippen LogP contribution in [0.3, 0.4) is 0 Å². The van der Waals surface area contributed by atoms with Gasteiger partial charge in [-0.15, -0.1) is 0 Å². The molecule has 0 radical (unpaired) electrons. The number of aryl methyl sites for hydroxylation is 2. The molecule has 0 saturated carbocycles. The van der Waals surface area contributed by atoms with Crippen LogP contribution in [0.15, 0.2) is 51.7 Å². The lowest BCUT2D eigenvalue weighted by Crippen LogP contribution is -2.50. The highest BCUT2D eigenvalue weighted by Gasteiger charge is 2.17. The quantitative estimate of drug-likeness (QED) is 0.456. The Kier molecular flexibility index (Phi) is 8.11. The lowest BCUT2D eigenvalue weighted by Gasteiger charge is -2.20. The fourth-order valence-electron chi connectivity index (χ4n) is 3.57. The first-order valence-electron chi connectivity index (χ1n) is 10.7. The summed E-state index contributed by atoms with van der Waals surface area (Å²) in [7, 11) is 0. The number of carbonyl (C=O) groups excluding carboxylic acids is 2. The molecule has 2 aromatic carbocycles. The van der Waals surface area contributed by atoms with Gasteiger partial charge in [0, 0.05) is 22.0 Å². The van der Waals surface area contributed by atoms with Crippen LogP contribution in [0.2, 0.25) is 5.02 Å². The Morgan fingerprint density at radius 1 is 1.18 bits per heavy atom. The molecule has 7 nitrogen and oxygen atoms in total. The number of unbranched alkanes of at least 4 members (excludes halogenated alkanes) is 1. The standard InChI is InChI=1S/C25H26ClNO6/c1-3-4-5-17-13-23(29)33-24-15(2)21(11-10-19(17)24)32-14-22(28)27-20(25(30)31)12-16-6-8-18(26)9-7-16/h6-11,13,20H,3-5,12,14H2,1-2H3,(H,27,28)(H,30,31)/p-1/t20-/m0/s1. The van der Waals surface area contributed by atoms with E-state index in [1.165, 1.54) is 6.07 Å². The van der Waals surface area contributed by atoms with Gasteiger partial charge in [0.15, 0.2) is 6.61 Å². The summed E-state index contributed by atoms with van der Waals surface area (Å²) in [5.41, 5.74) is 2.17. The maximum atomic E-state index is 12.4. The number of carbonyl (C=O) groups is 2. The average Bonchev–Trinajstić information content (AvgIpc) is 2.78. The molecule has 0 saturated heterocycles. The van der Waals surface area contributed by atoms with E-state index < -0.39 is 30.2 Å². The van der Waals surface area contributed by atoms with E-state index in [0.29, 0.717) is 27.5 Å². The molecule has 8 heteroatoms. The first-order chi connectivity index (χ1) is 15.8. The van der Waals surface area contributed by atoms with Crippen LogP contribution in [-0.2, 0) is 22.4 Å². The molecule has 1 amide bonds. The molecule has 3 aromatic rings. The number of ether oxygens (including phenoxy) is 1. The van der Waals surface area contributed by atoms with Crippen LogP contribution in [0, 0.1) is 6.92 Å². The zero-order chi connectivity index (χ0) is 24.0. The highest BCUT2D eigenvalue weighted by atomic mass is 35.5. The molecular weight excluding hydrogens is 446 g/mol. The fraction of sp³-hybridized carbons (Fsp3) is 0.320. The molecule has 0 aliphatic rings. The Labute approximate surface area is 196 Å². The van der Waals surface area contributed by atoms with E-state index in [0.717, 1.165) is 30.2 Å². The van der Waals surface area contributed by atoms with Crippen LogP contribution in [-0.4, -0.2) is 24.5 Å². The van der Waals surface area contributed by atoms with Crippen molar-refractivity contribution in [3.05, 3.63) is 74.6 Å². The molecule has 1 N–H and O–H groups in total. The van der Waals surface area contributed by atoms with Crippen molar-refractivity contribution in [2.45, 2.75) is 45.6 Å². The summed E-state index contributed by atoms with van der Waals surface area (Å²) in [6, 6.07) is 10.4. The third-order valence-corrected chi connectivity index (χ3v) is 5.58. The minimum atomic E-state index is -1.40. The second-order valence-corrected chi connectivity index (χ2v) is 8.25. The van der Waals surface area contributed by atoms with Crippen molar-refractivity contribution in [2.75, 3.05) is 6.61 Å². The number of rotatable bonds is 10. The van der Waals surface area contributed by atoms with E-state index >= 15 is 0 Å². The molecular formula is C25H25ClNO6-.